The SMILES string of the molecule is CCCCC(Cc1c[nH]c2ccccc12)NC(=O)c1cc2ccc(NCCNC)nc2s1. The minimum Gasteiger partial charge on any atom is -0.369 e. The van der Waals surface area contributed by atoms with Crippen LogP contribution in [0.25, 0.3) is 21.1 Å². The molecular formula is C25H31N5OS. The summed E-state index contributed by atoms with van der Waals surface area (Å²) >= 11 is 1.45. The molecule has 0 saturated heterocycles. The minimum absolute atomic E-state index is 0.0152. The fourth-order valence-electron chi connectivity index (χ4n) is 3.94. The van der Waals surface area contributed by atoms with Gasteiger partial charge in [-0.2, -0.15) is 0 Å². The number of hydrogen-bond donors (Lipinski definition) is 4. The van der Waals surface area contributed by atoms with Gasteiger partial charge in [0, 0.05) is 41.6 Å². The lowest BCUT2D eigenvalue weighted by atomic mass is 10.0. The van der Waals surface area contributed by atoms with E-state index in [-0.39, 0.29) is 11.9 Å². The van der Waals surface area contributed by atoms with Gasteiger partial charge in [-0.15, -0.1) is 11.3 Å². The number of pyridine rings is 1. The van der Waals surface area contributed by atoms with E-state index in [0.29, 0.717) is 4.88 Å². The molecule has 0 aliphatic heterocycles. The highest BCUT2D eigenvalue weighted by Gasteiger charge is 2.18. The van der Waals surface area contributed by atoms with Gasteiger partial charge in [0.05, 0.1) is 4.88 Å². The number of aromatic amines is 1. The zero-order valence-corrected chi connectivity index (χ0v) is 19.5. The van der Waals surface area contributed by atoms with Crippen molar-refractivity contribution in [2.24, 2.45) is 0 Å². The molecule has 1 amide bonds. The first-order valence-electron chi connectivity index (χ1n) is 11.3. The Morgan fingerprint density at radius 2 is 2.06 bits per heavy atom. The molecule has 1 unspecified atom stereocenters. The number of carbonyl (C=O) groups is 1. The van der Waals surface area contributed by atoms with E-state index in [2.05, 4.69) is 57.2 Å². The third-order valence-corrected chi connectivity index (χ3v) is 6.71. The molecule has 0 aliphatic rings. The first-order chi connectivity index (χ1) is 15.7. The van der Waals surface area contributed by atoms with Crippen LogP contribution in [0.3, 0.4) is 0 Å². The standard InChI is InChI=1S/C25H31N5OS/c1-3-4-7-19(14-18-16-28-21-9-6-5-8-20(18)21)29-24(31)22-15-17-10-11-23(27-13-12-26-2)30-25(17)32-22/h5-6,8-11,15-16,19,26,28H,3-4,7,12-14H2,1-2H3,(H,27,30)(H,29,31). The van der Waals surface area contributed by atoms with Crippen LogP contribution in [0, 0.1) is 0 Å². The second-order valence-electron chi connectivity index (χ2n) is 8.11. The molecule has 32 heavy (non-hydrogen) atoms. The average molecular weight is 450 g/mol. The summed E-state index contributed by atoms with van der Waals surface area (Å²) in [4.78, 5) is 22.7. The Labute approximate surface area is 192 Å². The smallest absolute Gasteiger partial charge is 0.261 e. The summed E-state index contributed by atoms with van der Waals surface area (Å²) in [5, 5.41) is 11.9. The monoisotopic (exact) mass is 449 g/mol. The number of unbranched alkanes of at least 4 members (excludes halogenated alkanes) is 1. The highest BCUT2D eigenvalue weighted by Crippen LogP contribution is 2.26. The van der Waals surface area contributed by atoms with Crippen molar-refractivity contribution in [2.75, 3.05) is 25.5 Å². The third kappa shape index (κ3) is 5.29. The van der Waals surface area contributed by atoms with Gasteiger partial charge in [0.25, 0.3) is 5.91 Å². The molecule has 0 saturated carbocycles. The molecule has 0 bridgehead atoms. The molecule has 0 radical (unpaired) electrons. The number of thiophene rings is 1. The quantitative estimate of drug-likeness (QED) is 0.245. The summed E-state index contributed by atoms with van der Waals surface area (Å²) in [6.45, 7) is 3.86. The van der Waals surface area contributed by atoms with Gasteiger partial charge in [0.1, 0.15) is 10.6 Å². The summed E-state index contributed by atoms with van der Waals surface area (Å²) in [5.41, 5.74) is 2.38. The van der Waals surface area contributed by atoms with Gasteiger partial charge in [0.15, 0.2) is 0 Å². The van der Waals surface area contributed by atoms with Crippen molar-refractivity contribution in [1.29, 1.82) is 0 Å². The van der Waals surface area contributed by atoms with E-state index in [9.17, 15) is 4.79 Å². The van der Waals surface area contributed by atoms with Crippen molar-refractivity contribution in [3.63, 3.8) is 0 Å². The minimum atomic E-state index is -0.0152. The van der Waals surface area contributed by atoms with Crippen molar-refractivity contribution in [2.45, 2.75) is 38.6 Å². The molecule has 4 rings (SSSR count). The molecule has 7 heteroatoms. The Hall–Kier alpha value is -2.90. The molecule has 1 atom stereocenters. The van der Waals surface area contributed by atoms with Gasteiger partial charge in [0.2, 0.25) is 0 Å². The van der Waals surface area contributed by atoms with E-state index in [4.69, 9.17) is 0 Å². The van der Waals surface area contributed by atoms with Crippen molar-refractivity contribution >= 4 is 44.2 Å². The normalized spacial score (nSPS) is 12.3. The molecular weight excluding hydrogens is 418 g/mol. The zero-order chi connectivity index (χ0) is 22.3. The van der Waals surface area contributed by atoms with E-state index in [1.807, 2.05) is 31.3 Å². The first kappa shape index (κ1) is 22.3. The van der Waals surface area contributed by atoms with Crippen LogP contribution in [0.1, 0.15) is 41.4 Å². The van der Waals surface area contributed by atoms with Crippen LogP contribution < -0.4 is 16.0 Å². The number of nitrogens with zero attached hydrogens (tertiary/aromatic N) is 1. The summed E-state index contributed by atoms with van der Waals surface area (Å²) < 4.78 is 0. The molecule has 3 aromatic heterocycles. The Morgan fingerprint density at radius 3 is 2.91 bits per heavy atom. The molecule has 4 N–H and O–H groups in total. The topological polar surface area (TPSA) is 81.8 Å². The maximum Gasteiger partial charge on any atom is 0.261 e. The Balaban J connectivity index is 1.48. The molecule has 4 aromatic rings. The van der Waals surface area contributed by atoms with E-state index in [0.717, 1.165) is 60.3 Å². The highest BCUT2D eigenvalue weighted by atomic mass is 32.1. The van der Waals surface area contributed by atoms with Crippen molar-refractivity contribution in [3.8, 4) is 0 Å². The van der Waals surface area contributed by atoms with Gasteiger partial charge in [-0.05, 0) is 49.7 Å². The zero-order valence-electron chi connectivity index (χ0n) is 18.7. The molecule has 168 valence electrons. The lowest BCUT2D eigenvalue weighted by Crippen LogP contribution is -2.36. The Kier molecular flexibility index (Phi) is 7.39. The molecule has 3 heterocycles. The molecule has 0 fully saturated rings. The van der Waals surface area contributed by atoms with Gasteiger partial charge in [-0.1, -0.05) is 38.0 Å². The fourth-order valence-corrected chi connectivity index (χ4v) is 4.88. The largest absolute Gasteiger partial charge is 0.369 e. The van der Waals surface area contributed by atoms with Gasteiger partial charge in [-0.25, -0.2) is 4.98 Å². The molecule has 6 nitrogen and oxygen atoms in total. The number of likely N-dealkylation sites (N-methyl/N-ethyl adjacent to an activating group) is 1. The predicted octanol–water partition coefficient (Wildman–Crippen LogP) is 4.94. The van der Waals surface area contributed by atoms with Crippen LogP contribution >= 0.6 is 11.3 Å². The maximum atomic E-state index is 13.1. The number of amides is 1. The molecule has 1 aromatic carbocycles. The number of para-hydroxylation sites is 1. The number of fused-ring (bicyclic) bond motifs is 2. The van der Waals surface area contributed by atoms with E-state index < -0.39 is 0 Å². The number of H-pyrrole nitrogens is 1. The first-order valence-corrected chi connectivity index (χ1v) is 12.1. The summed E-state index contributed by atoms with van der Waals surface area (Å²) in [7, 11) is 1.93. The number of carbonyl (C=O) groups excluding carboxylic acids is 1. The Bertz CT molecular complexity index is 1180. The van der Waals surface area contributed by atoms with Gasteiger partial charge in [-0.3, -0.25) is 4.79 Å². The number of rotatable bonds is 11. The van der Waals surface area contributed by atoms with Gasteiger partial charge >= 0.3 is 0 Å². The number of benzene rings is 1. The van der Waals surface area contributed by atoms with E-state index in [1.54, 1.807) is 0 Å². The van der Waals surface area contributed by atoms with Crippen molar-refractivity contribution in [3.05, 3.63) is 59.1 Å². The lowest BCUT2D eigenvalue weighted by Gasteiger charge is -2.18. The fraction of sp³-hybridized carbons (Fsp3) is 0.360. The Morgan fingerprint density at radius 1 is 1.19 bits per heavy atom. The third-order valence-electron chi connectivity index (χ3n) is 5.67. The predicted molar refractivity (Wildman–Crippen MR) is 135 cm³/mol. The number of aromatic nitrogens is 2. The van der Waals surface area contributed by atoms with E-state index in [1.165, 1.54) is 22.3 Å². The van der Waals surface area contributed by atoms with Gasteiger partial charge < -0.3 is 20.9 Å². The second-order valence-corrected chi connectivity index (χ2v) is 9.14. The van der Waals surface area contributed by atoms with E-state index >= 15 is 0 Å². The van der Waals surface area contributed by atoms with Crippen molar-refractivity contribution < 1.29 is 4.79 Å². The summed E-state index contributed by atoms with van der Waals surface area (Å²) in [5.74, 6) is 0.820. The number of nitrogens with one attached hydrogen (secondary N) is 4. The average Bonchev–Trinajstić information content (AvgIpc) is 3.42. The van der Waals surface area contributed by atoms with Crippen molar-refractivity contribution in [1.82, 2.24) is 20.6 Å². The number of anilines is 1. The summed E-state index contributed by atoms with van der Waals surface area (Å²) in [6.07, 6.45) is 6.05. The lowest BCUT2D eigenvalue weighted by molar-refractivity contribution is 0.0938. The summed E-state index contributed by atoms with van der Waals surface area (Å²) in [6, 6.07) is 14.4. The van der Waals surface area contributed by atoms with Crippen LogP contribution in [0.5, 0.6) is 0 Å². The maximum absolute atomic E-state index is 13.1. The van der Waals surface area contributed by atoms with Crippen LogP contribution in [0.15, 0.2) is 48.7 Å². The van der Waals surface area contributed by atoms with Crippen LogP contribution in [0.2, 0.25) is 0 Å². The number of hydrogen-bond acceptors (Lipinski definition) is 5. The van der Waals surface area contributed by atoms with Crippen LogP contribution in [-0.4, -0.2) is 42.1 Å². The highest BCUT2D eigenvalue weighted by molar-refractivity contribution is 7.20. The second kappa shape index (κ2) is 10.6. The molecule has 0 spiro atoms. The van der Waals surface area contributed by atoms with Crippen LogP contribution in [0.4, 0.5) is 5.82 Å². The van der Waals surface area contributed by atoms with Crippen LogP contribution in [-0.2, 0) is 6.42 Å². The molecule has 0 aliphatic carbocycles.